The van der Waals surface area contributed by atoms with Crippen molar-refractivity contribution in [3.05, 3.63) is 11.5 Å². The normalized spacial score (nSPS) is 21.8. The van der Waals surface area contributed by atoms with E-state index in [0.717, 1.165) is 0 Å². The van der Waals surface area contributed by atoms with Crippen LogP contribution in [0.2, 0.25) is 0 Å². The molecule has 0 radical (unpaired) electrons. The summed E-state index contributed by atoms with van der Waals surface area (Å²) in [5, 5.41) is 10.2. The quantitative estimate of drug-likeness (QED) is 0.362. The average molecular weight is 150 g/mol. The van der Waals surface area contributed by atoms with Crippen molar-refractivity contribution in [1.82, 2.24) is 0 Å². The minimum atomic E-state index is -1.33. The van der Waals surface area contributed by atoms with Crippen molar-refractivity contribution < 1.29 is 38.2 Å². The number of carbonyl (C=O) groups excluding carboxylic acids is 1. The van der Waals surface area contributed by atoms with Crippen LogP contribution in [0, 0.1) is 0 Å². The van der Waals surface area contributed by atoms with Crippen LogP contribution >= 0.6 is 0 Å². The molecule has 0 saturated carbocycles. The molecule has 0 aromatic rings. The van der Waals surface area contributed by atoms with Crippen LogP contribution in [0.4, 0.5) is 0 Å². The maximum atomic E-state index is 10.2. The van der Waals surface area contributed by atoms with Crippen LogP contribution < -0.4 is 24.0 Å². The molecule has 56 valence electrons. The molecule has 0 aromatic carbocycles. The van der Waals surface area contributed by atoms with Gasteiger partial charge in [-0.1, -0.05) is 0 Å². The van der Waals surface area contributed by atoms with Gasteiger partial charge in [0, 0.05) is 6.92 Å². The number of rotatable bonds is 1. The molecule has 1 aliphatic heterocycles. The van der Waals surface area contributed by atoms with Crippen molar-refractivity contribution >= 4 is 5.97 Å². The molecule has 0 amide bonds. The SMILES string of the molecule is CC1=C(C(=O)[O-])OC(C)O1.[Li+]. The first kappa shape index (κ1) is 10.4. The van der Waals surface area contributed by atoms with Crippen LogP contribution in [-0.4, -0.2) is 12.3 Å². The topological polar surface area (TPSA) is 58.6 Å². The molecule has 0 spiro atoms. The summed E-state index contributed by atoms with van der Waals surface area (Å²) < 4.78 is 9.60. The Labute approximate surface area is 76.3 Å². The van der Waals surface area contributed by atoms with Crippen molar-refractivity contribution in [1.29, 1.82) is 0 Å². The molecule has 0 N–H and O–H groups in total. The molecule has 0 saturated heterocycles. The molecule has 1 rings (SSSR count). The fourth-order valence-corrected chi connectivity index (χ4v) is 0.767. The molecule has 1 atom stereocenters. The van der Waals surface area contributed by atoms with E-state index in [4.69, 9.17) is 9.47 Å². The van der Waals surface area contributed by atoms with Gasteiger partial charge in [-0.25, -0.2) is 0 Å². The van der Waals surface area contributed by atoms with Gasteiger partial charge in [0.25, 0.3) is 0 Å². The van der Waals surface area contributed by atoms with Gasteiger partial charge >= 0.3 is 18.9 Å². The van der Waals surface area contributed by atoms with E-state index >= 15 is 0 Å². The predicted octanol–water partition coefficient (Wildman–Crippen LogP) is -3.64. The van der Waals surface area contributed by atoms with Gasteiger partial charge in [-0.2, -0.15) is 0 Å². The number of carbonyl (C=O) groups is 1. The molecule has 5 heteroatoms. The Morgan fingerprint density at radius 2 is 2.09 bits per heavy atom. The number of hydrogen-bond acceptors (Lipinski definition) is 4. The Kier molecular flexibility index (Phi) is 3.50. The van der Waals surface area contributed by atoms with Crippen LogP contribution in [0.1, 0.15) is 13.8 Å². The molecular weight excluding hydrogens is 143 g/mol. The summed E-state index contributed by atoms with van der Waals surface area (Å²) in [6, 6.07) is 0. The fourth-order valence-electron chi connectivity index (χ4n) is 0.767. The largest absolute Gasteiger partial charge is 1.00 e. The Morgan fingerprint density at radius 1 is 1.55 bits per heavy atom. The van der Waals surface area contributed by atoms with Gasteiger partial charge in [-0.15, -0.1) is 0 Å². The number of aliphatic carboxylic acids is 1. The Morgan fingerprint density at radius 3 is 2.27 bits per heavy atom. The molecule has 4 nitrogen and oxygen atoms in total. The second kappa shape index (κ2) is 3.70. The van der Waals surface area contributed by atoms with Crippen molar-refractivity contribution in [3.63, 3.8) is 0 Å². The van der Waals surface area contributed by atoms with Crippen LogP contribution in [-0.2, 0) is 14.3 Å². The van der Waals surface area contributed by atoms with E-state index in [0.29, 0.717) is 0 Å². The van der Waals surface area contributed by atoms with Crippen molar-refractivity contribution in [2.75, 3.05) is 0 Å². The third-order valence-electron chi connectivity index (χ3n) is 1.13. The first-order chi connectivity index (χ1) is 4.61. The standard InChI is InChI=1S/C6H8O4.Li/c1-3-5(6(7)8)10-4(2)9-3;/h4H,1-2H3,(H,7,8);/q;+1/p-1. The van der Waals surface area contributed by atoms with Crippen molar-refractivity contribution in [3.8, 4) is 0 Å². The average Bonchev–Trinajstić information content (AvgIpc) is 2.10. The van der Waals surface area contributed by atoms with E-state index in [1.54, 1.807) is 6.92 Å². The zero-order chi connectivity index (χ0) is 7.72. The van der Waals surface area contributed by atoms with Crippen molar-refractivity contribution in [2.24, 2.45) is 0 Å². The maximum absolute atomic E-state index is 10.2. The van der Waals surface area contributed by atoms with Gasteiger partial charge in [-0.3, -0.25) is 0 Å². The summed E-state index contributed by atoms with van der Waals surface area (Å²) in [6.45, 7) is 3.13. The monoisotopic (exact) mass is 150 g/mol. The summed E-state index contributed by atoms with van der Waals surface area (Å²) in [5.74, 6) is -1.26. The fraction of sp³-hybridized carbons (Fsp3) is 0.500. The van der Waals surface area contributed by atoms with Crippen molar-refractivity contribution in [2.45, 2.75) is 20.1 Å². The third-order valence-corrected chi connectivity index (χ3v) is 1.13. The third kappa shape index (κ3) is 2.17. The van der Waals surface area contributed by atoms with Crippen LogP contribution in [0.3, 0.4) is 0 Å². The summed E-state index contributed by atoms with van der Waals surface area (Å²) in [4.78, 5) is 10.2. The van der Waals surface area contributed by atoms with E-state index in [2.05, 4.69) is 0 Å². The Balaban J connectivity index is 0.000001000. The molecule has 1 heterocycles. The maximum Gasteiger partial charge on any atom is 1.00 e. The van der Waals surface area contributed by atoms with Crippen LogP contribution in [0.25, 0.3) is 0 Å². The second-order valence-electron chi connectivity index (χ2n) is 1.98. The summed E-state index contributed by atoms with van der Waals surface area (Å²) in [5.41, 5.74) is 0. The van der Waals surface area contributed by atoms with E-state index in [9.17, 15) is 9.90 Å². The molecule has 0 aliphatic carbocycles. The summed E-state index contributed by atoms with van der Waals surface area (Å²) in [7, 11) is 0. The number of carboxylic acids is 1. The van der Waals surface area contributed by atoms with Gasteiger partial charge in [0.05, 0.1) is 0 Å². The Bertz CT molecular complexity index is 199. The number of allylic oxidation sites excluding steroid dienone is 1. The zero-order valence-electron chi connectivity index (χ0n) is 6.71. The van der Waals surface area contributed by atoms with Gasteiger partial charge < -0.3 is 19.4 Å². The summed E-state index contributed by atoms with van der Waals surface area (Å²) in [6.07, 6.45) is -0.507. The second-order valence-corrected chi connectivity index (χ2v) is 1.98. The number of ether oxygens (including phenoxy) is 2. The van der Waals surface area contributed by atoms with Crippen LogP contribution in [0.15, 0.2) is 11.5 Å². The smallest absolute Gasteiger partial charge is 0.541 e. The van der Waals surface area contributed by atoms with Crippen LogP contribution in [0.5, 0.6) is 0 Å². The van der Waals surface area contributed by atoms with Gasteiger partial charge in [0.15, 0.2) is 5.76 Å². The molecule has 0 bridgehead atoms. The number of carboxylic acid groups (broad SMARTS) is 1. The van der Waals surface area contributed by atoms with Gasteiger partial charge in [0.2, 0.25) is 6.29 Å². The van der Waals surface area contributed by atoms with E-state index < -0.39 is 12.3 Å². The van der Waals surface area contributed by atoms with E-state index in [-0.39, 0.29) is 30.4 Å². The predicted molar refractivity (Wildman–Crippen MR) is 29.3 cm³/mol. The molecular formula is C6H7LiO4. The summed E-state index contributed by atoms with van der Waals surface area (Å²) >= 11 is 0. The van der Waals surface area contributed by atoms with Gasteiger partial charge in [-0.05, 0) is 6.92 Å². The van der Waals surface area contributed by atoms with Gasteiger partial charge in [0.1, 0.15) is 11.7 Å². The first-order valence-corrected chi connectivity index (χ1v) is 2.87. The molecule has 1 unspecified atom stereocenters. The molecule has 11 heavy (non-hydrogen) atoms. The van der Waals surface area contributed by atoms with E-state index in [1.807, 2.05) is 0 Å². The molecule has 1 aliphatic rings. The molecule has 0 aromatic heterocycles. The van der Waals surface area contributed by atoms with E-state index in [1.165, 1.54) is 6.92 Å². The number of hydrogen-bond donors (Lipinski definition) is 0. The minimum absolute atomic E-state index is 0. The first-order valence-electron chi connectivity index (χ1n) is 2.87. The Hall–Kier alpha value is -0.593. The minimum Gasteiger partial charge on any atom is -0.541 e. The zero-order valence-corrected chi connectivity index (χ0v) is 6.71. The molecule has 0 fully saturated rings.